The van der Waals surface area contributed by atoms with Gasteiger partial charge in [0.2, 0.25) is 0 Å². The van der Waals surface area contributed by atoms with Gasteiger partial charge >= 0.3 is 11.9 Å². The van der Waals surface area contributed by atoms with Gasteiger partial charge in [0.25, 0.3) is 5.69 Å². The molecule has 1 unspecified atom stereocenters. The van der Waals surface area contributed by atoms with E-state index in [-0.39, 0.29) is 23.4 Å². The fourth-order valence-electron chi connectivity index (χ4n) is 2.91. The number of nitrogens with zero attached hydrogens (tertiary/aromatic N) is 1. The summed E-state index contributed by atoms with van der Waals surface area (Å²) < 4.78 is 5.16. The standard InChI is InChI=1S/C17H17BrN2O6/c1-9-13(16(21)22)15(11-4-3-5-12(8-11)20(24)25)14(10(2)19-9)17(23)26-7-6-18/h3-5,8,15,19H,6-7H2,1-2H3,(H,21,22). The molecule has 0 aromatic heterocycles. The number of carboxylic acid groups (broad SMARTS) is 1. The van der Waals surface area contributed by atoms with Crippen molar-refractivity contribution in [3.05, 3.63) is 62.5 Å². The summed E-state index contributed by atoms with van der Waals surface area (Å²) in [6.07, 6.45) is 0. The third kappa shape index (κ3) is 3.93. The minimum absolute atomic E-state index is 0.0538. The smallest absolute Gasteiger partial charge is 0.336 e. The fourth-order valence-corrected chi connectivity index (χ4v) is 3.07. The number of alkyl halides is 1. The number of carboxylic acids is 1. The highest BCUT2D eigenvalue weighted by Gasteiger charge is 2.37. The molecule has 0 bridgehead atoms. The van der Waals surface area contributed by atoms with Gasteiger partial charge in [-0.15, -0.1) is 0 Å². The minimum atomic E-state index is -1.22. The maximum atomic E-state index is 12.6. The first kappa shape index (κ1) is 19.6. The van der Waals surface area contributed by atoms with Gasteiger partial charge in [-0.2, -0.15) is 0 Å². The van der Waals surface area contributed by atoms with E-state index in [1.165, 1.54) is 18.2 Å². The highest BCUT2D eigenvalue weighted by molar-refractivity contribution is 9.09. The SMILES string of the molecule is CC1=C(C(=O)O)C(c2cccc([N+](=O)[O-])c2)C(C(=O)OCCBr)=C(C)N1. The van der Waals surface area contributed by atoms with E-state index in [2.05, 4.69) is 21.2 Å². The summed E-state index contributed by atoms with van der Waals surface area (Å²) in [6.45, 7) is 3.33. The molecule has 1 atom stereocenters. The molecule has 0 fully saturated rings. The number of non-ortho nitro benzene ring substituents is 1. The van der Waals surface area contributed by atoms with Crippen LogP contribution in [0.5, 0.6) is 0 Å². The van der Waals surface area contributed by atoms with Crippen LogP contribution in [0.1, 0.15) is 25.3 Å². The van der Waals surface area contributed by atoms with Gasteiger partial charge in [0.05, 0.1) is 22.0 Å². The van der Waals surface area contributed by atoms with Crippen molar-refractivity contribution in [2.24, 2.45) is 0 Å². The van der Waals surface area contributed by atoms with Crippen molar-refractivity contribution < 1.29 is 24.4 Å². The first-order valence-electron chi connectivity index (χ1n) is 7.67. The van der Waals surface area contributed by atoms with E-state index < -0.39 is 22.8 Å². The Morgan fingerprint density at radius 3 is 2.54 bits per heavy atom. The Labute approximate surface area is 157 Å². The summed E-state index contributed by atoms with van der Waals surface area (Å²) in [5, 5.41) is 24.1. The number of carbonyl (C=O) groups excluding carboxylic acids is 1. The molecule has 138 valence electrons. The monoisotopic (exact) mass is 424 g/mol. The number of allylic oxidation sites excluding steroid dienone is 2. The molecule has 0 spiro atoms. The molecule has 1 aliphatic heterocycles. The Morgan fingerprint density at radius 2 is 1.96 bits per heavy atom. The lowest BCUT2D eigenvalue weighted by atomic mass is 9.80. The van der Waals surface area contributed by atoms with Crippen LogP contribution in [0, 0.1) is 10.1 Å². The number of halogens is 1. The number of benzene rings is 1. The lowest BCUT2D eigenvalue weighted by molar-refractivity contribution is -0.384. The highest BCUT2D eigenvalue weighted by Crippen LogP contribution is 2.39. The number of hydrogen-bond donors (Lipinski definition) is 2. The molecule has 0 aliphatic carbocycles. The Bertz CT molecular complexity index is 830. The molecular weight excluding hydrogens is 408 g/mol. The number of carbonyl (C=O) groups is 2. The first-order valence-corrected chi connectivity index (χ1v) is 8.79. The van der Waals surface area contributed by atoms with E-state index in [0.29, 0.717) is 22.3 Å². The van der Waals surface area contributed by atoms with Crippen LogP contribution in [-0.2, 0) is 14.3 Å². The number of nitro groups is 1. The molecule has 0 saturated carbocycles. The number of dihydropyridines is 1. The van der Waals surface area contributed by atoms with E-state index in [9.17, 15) is 24.8 Å². The summed E-state index contributed by atoms with van der Waals surface area (Å²) >= 11 is 3.16. The van der Waals surface area contributed by atoms with Crippen LogP contribution in [-0.4, -0.2) is 33.9 Å². The zero-order chi connectivity index (χ0) is 19.4. The molecule has 1 heterocycles. The molecular formula is C17H17BrN2O6. The van der Waals surface area contributed by atoms with Crippen molar-refractivity contribution in [1.29, 1.82) is 0 Å². The first-order chi connectivity index (χ1) is 12.3. The van der Waals surface area contributed by atoms with Gasteiger partial charge < -0.3 is 15.2 Å². The number of nitrogens with one attached hydrogen (secondary N) is 1. The molecule has 0 radical (unpaired) electrons. The molecule has 1 aromatic rings. The quantitative estimate of drug-likeness (QED) is 0.311. The zero-order valence-electron chi connectivity index (χ0n) is 14.1. The highest BCUT2D eigenvalue weighted by atomic mass is 79.9. The molecule has 0 saturated heterocycles. The summed E-state index contributed by atoms with van der Waals surface area (Å²) in [5.74, 6) is -2.86. The fraction of sp³-hybridized carbons (Fsp3) is 0.294. The Balaban J connectivity index is 2.64. The summed E-state index contributed by atoms with van der Waals surface area (Å²) in [6, 6.07) is 5.60. The van der Waals surface area contributed by atoms with Crippen molar-refractivity contribution in [2.45, 2.75) is 19.8 Å². The van der Waals surface area contributed by atoms with Gasteiger partial charge in [-0.1, -0.05) is 28.1 Å². The van der Waals surface area contributed by atoms with Crippen LogP contribution >= 0.6 is 15.9 Å². The predicted octanol–water partition coefficient (Wildman–Crippen LogP) is 2.85. The number of ether oxygens (including phenoxy) is 1. The van der Waals surface area contributed by atoms with E-state index in [1.54, 1.807) is 19.9 Å². The Kier molecular flexibility index (Phi) is 6.14. The molecule has 2 N–H and O–H groups in total. The Hall–Kier alpha value is -2.68. The lowest BCUT2D eigenvalue weighted by Crippen LogP contribution is -2.32. The van der Waals surface area contributed by atoms with Gasteiger partial charge in [0.1, 0.15) is 6.61 Å². The van der Waals surface area contributed by atoms with Crippen LogP contribution < -0.4 is 5.32 Å². The molecule has 8 nitrogen and oxygen atoms in total. The molecule has 1 aliphatic rings. The molecule has 0 amide bonds. The van der Waals surface area contributed by atoms with E-state index in [0.717, 1.165) is 0 Å². The van der Waals surface area contributed by atoms with Crippen molar-refractivity contribution in [3.8, 4) is 0 Å². The zero-order valence-corrected chi connectivity index (χ0v) is 15.7. The summed E-state index contributed by atoms with van der Waals surface area (Å²) in [4.78, 5) is 34.9. The van der Waals surface area contributed by atoms with Gasteiger partial charge in [0, 0.05) is 28.9 Å². The maximum Gasteiger partial charge on any atom is 0.336 e. The number of rotatable bonds is 6. The van der Waals surface area contributed by atoms with Gasteiger partial charge in [-0.25, -0.2) is 9.59 Å². The third-order valence-corrected chi connectivity index (χ3v) is 4.26. The second-order valence-corrected chi connectivity index (χ2v) is 6.41. The Morgan fingerprint density at radius 1 is 1.31 bits per heavy atom. The van der Waals surface area contributed by atoms with Crippen LogP contribution in [0.15, 0.2) is 46.8 Å². The van der Waals surface area contributed by atoms with Crippen LogP contribution in [0.4, 0.5) is 5.69 Å². The van der Waals surface area contributed by atoms with Gasteiger partial charge in [-0.3, -0.25) is 10.1 Å². The number of aliphatic carboxylic acids is 1. The van der Waals surface area contributed by atoms with Crippen molar-refractivity contribution in [1.82, 2.24) is 5.32 Å². The second-order valence-electron chi connectivity index (χ2n) is 5.62. The van der Waals surface area contributed by atoms with Crippen molar-refractivity contribution in [3.63, 3.8) is 0 Å². The van der Waals surface area contributed by atoms with Crippen LogP contribution in [0.3, 0.4) is 0 Å². The number of nitro benzene ring substituents is 1. The third-order valence-electron chi connectivity index (χ3n) is 3.94. The van der Waals surface area contributed by atoms with Crippen LogP contribution in [0.25, 0.3) is 0 Å². The molecule has 9 heteroatoms. The minimum Gasteiger partial charge on any atom is -0.478 e. The molecule has 1 aromatic carbocycles. The number of esters is 1. The van der Waals surface area contributed by atoms with E-state index >= 15 is 0 Å². The van der Waals surface area contributed by atoms with Gasteiger partial charge in [-0.05, 0) is 19.4 Å². The average Bonchev–Trinajstić information content (AvgIpc) is 2.58. The summed E-state index contributed by atoms with van der Waals surface area (Å²) in [7, 11) is 0. The topological polar surface area (TPSA) is 119 Å². The van der Waals surface area contributed by atoms with Crippen molar-refractivity contribution >= 4 is 33.6 Å². The van der Waals surface area contributed by atoms with Gasteiger partial charge in [0.15, 0.2) is 0 Å². The van der Waals surface area contributed by atoms with Crippen LogP contribution in [0.2, 0.25) is 0 Å². The lowest BCUT2D eigenvalue weighted by Gasteiger charge is -2.29. The van der Waals surface area contributed by atoms with Crippen molar-refractivity contribution in [2.75, 3.05) is 11.9 Å². The second kappa shape index (κ2) is 8.13. The predicted molar refractivity (Wildman–Crippen MR) is 96.8 cm³/mol. The van der Waals surface area contributed by atoms with E-state index in [4.69, 9.17) is 4.74 Å². The summed E-state index contributed by atoms with van der Waals surface area (Å²) in [5.41, 5.74) is 1.03. The maximum absolute atomic E-state index is 12.6. The normalized spacial score (nSPS) is 17.0. The van der Waals surface area contributed by atoms with E-state index in [1.807, 2.05) is 0 Å². The number of hydrogen-bond acceptors (Lipinski definition) is 6. The molecule has 2 rings (SSSR count). The average molecular weight is 425 g/mol. The molecule has 26 heavy (non-hydrogen) atoms. The largest absolute Gasteiger partial charge is 0.478 e.